The van der Waals surface area contributed by atoms with Gasteiger partial charge in [-0.25, -0.2) is 4.98 Å². The molecule has 3 rings (SSSR count). The molecule has 0 saturated heterocycles. The molecule has 0 spiro atoms. The topological polar surface area (TPSA) is 64.0 Å². The Hall–Kier alpha value is -3.21. The van der Waals surface area contributed by atoms with Crippen LogP contribution in [0.5, 0.6) is 0 Å². The fraction of sp³-hybridized carbons (Fsp3) is 0.150. The van der Waals surface area contributed by atoms with E-state index in [2.05, 4.69) is 10.3 Å². The van der Waals surface area contributed by atoms with E-state index in [9.17, 15) is 9.59 Å². The monoisotopic (exact) mass is 333 g/mol. The molecule has 2 aromatic carbocycles. The number of hydrogen-bond donors (Lipinski definition) is 1. The lowest BCUT2D eigenvalue weighted by Gasteiger charge is -2.13. The first-order chi connectivity index (χ1) is 12.0. The number of nitrogens with one attached hydrogen (secondary N) is 1. The van der Waals surface area contributed by atoms with Crippen LogP contribution >= 0.6 is 0 Å². The average molecular weight is 333 g/mol. The smallest absolute Gasteiger partial charge is 0.254 e. The Balaban J connectivity index is 1.92. The van der Waals surface area contributed by atoms with Crippen molar-refractivity contribution in [1.82, 2.24) is 9.55 Å². The maximum absolute atomic E-state index is 12.4. The molecule has 3 aromatic rings. The first kappa shape index (κ1) is 16.6. The zero-order valence-corrected chi connectivity index (χ0v) is 14.2. The number of benzene rings is 2. The summed E-state index contributed by atoms with van der Waals surface area (Å²) in [6, 6.07) is 18.4. The normalized spacial score (nSPS) is 10.5. The lowest BCUT2D eigenvalue weighted by atomic mass is 10.2. The third-order valence-corrected chi connectivity index (χ3v) is 3.77. The summed E-state index contributed by atoms with van der Waals surface area (Å²) in [7, 11) is 0. The molecule has 0 saturated carbocycles. The van der Waals surface area contributed by atoms with Crippen LogP contribution in [-0.2, 0) is 11.3 Å². The first-order valence-corrected chi connectivity index (χ1v) is 8.03. The van der Waals surface area contributed by atoms with Gasteiger partial charge in [-0.05, 0) is 31.5 Å². The SMILES string of the molecule is Cc1cccc(NC(=O)Cn2c(-c3ccccc3)nc(C)cc2=O)c1. The highest BCUT2D eigenvalue weighted by Gasteiger charge is 2.13. The van der Waals surface area contributed by atoms with Gasteiger partial charge in [-0.15, -0.1) is 0 Å². The zero-order valence-electron chi connectivity index (χ0n) is 14.2. The van der Waals surface area contributed by atoms with Gasteiger partial charge < -0.3 is 5.32 Å². The molecule has 0 aliphatic rings. The molecule has 126 valence electrons. The van der Waals surface area contributed by atoms with Crippen molar-refractivity contribution in [3.05, 3.63) is 82.3 Å². The molecule has 0 radical (unpaired) electrons. The number of amides is 1. The molecule has 0 atom stereocenters. The van der Waals surface area contributed by atoms with Crippen LogP contribution in [0.2, 0.25) is 0 Å². The summed E-state index contributed by atoms with van der Waals surface area (Å²) in [5.74, 6) is 0.223. The largest absolute Gasteiger partial charge is 0.325 e. The Morgan fingerprint density at radius 2 is 1.80 bits per heavy atom. The second kappa shape index (κ2) is 7.13. The number of nitrogens with zero attached hydrogens (tertiary/aromatic N) is 2. The molecule has 1 amide bonds. The third-order valence-electron chi connectivity index (χ3n) is 3.77. The number of aromatic nitrogens is 2. The van der Waals surface area contributed by atoms with Crippen LogP contribution in [0.4, 0.5) is 5.69 Å². The van der Waals surface area contributed by atoms with Gasteiger partial charge in [0.2, 0.25) is 5.91 Å². The Kier molecular flexibility index (Phi) is 4.75. The highest BCUT2D eigenvalue weighted by Crippen LogP contribution is 2.16. The standard InChI is InChI=1S/C20H19N3O2/c1-14-7-6-10-17(11-14)22-18(24)13-23-19(25)12-15(2)21-20(23)16-8-4-3-5-9-16/h3-12H,13H2,1-2H3,(H,22,24). The van der Waals surface area contributed by atoms with E-state index in [4.69, 9.17) is 0 Å². The van der Waals surface area contributed by atoms with Crippen molar-refractivity contribution in [2.24, 2.45) is 0 Å². The number of anilines is 1. The van der Waals surface area contributed by atoms with Gasteiger partial charge in [0.15, 0.2) is 0 Å². The van der Waals surface area contributed by atoms with E-state index >= 15 is 0 Å². The molecule has 0 unspecified atom stereocenters. The summed E-state index contributed by atoms with van der Waals surface area (Å²) in [5.41, 5.74) is 2.94. The highest BCUT2D eigenvalue weighted by molar-refractivity contribution is 5.90. The van der Waals surface area contributed by atoms with Crippen LogP contribution in [0.1, 0.15) is 11.3 Å². The molecule has 0 bridgehead atoms. The number of carbonyl (C=O) groups excluding carboxylic acids is 1. The maximum Gasteiger partial charge on any atom is 0.254 e. The van der Waals surface area contributed by atoms with Crippen molar-refractivity contribution in [1.29, 1.82) is 0 Å². The second-order valence-electron chi connectivity index (χ2n) is 5.93. The third kappa shape index (κ3) is 4.01. The molecule has 25 heavy (non-hydrogen) atoms. The fourth-order valence-corrected chi connectivity index (χ4v) is 2.65. The molecule has 5 nitrogen and oxygen atoms in total. The summed E-state index contributed by atoms with van der Waals surface area (Å²) in [6.07, 6.45) is 0. The number of hydrogen-bond acceptors (Lipinski definition) is 3. The lowest BCUT2D eigenvalue weighted by Crippen LogP contribution is -2.29. The van der Waals surface area contributed by atoms with E-state index in [1.54, 1.807) is 6.92 Å². The lowest BCUT2D eigenvalue weighted by molar-refractivity contribution is -0.116. The van der Waals surface area contributed by atoms with Crippen LogP contribution in [0.3, 0.4) is 0 Å². The summed E-state index contributed by atoms with van der Waals surface area (Å²) in [6.45, 7) is 3.63. The number of aryl methyl sites for hydroxylation is 2. The van der Waals surface area contributed by atoms with Gasteiger partial charge in [0, 0.05) is 23.0 Å². The van der Waals surface area contributed by atoms with Gasteiger partial charge in [-0.2, -0.15) is 0 Å². The minimum absolute atomic E-state index is 0.0930. The van der Waals surface area contributed by atoms with E-state index in [0.717, 1.165) is 11.1 Å². The van der Waals surface area contributed by atoms with E-state index in [1.807, 2.05) is 61.5 Å². The highest BCUT2D eigenvalue weighted by atomic mass is 16.2. The van der Waals surface area contributed by atoms with Gasteiger partial charge in [-0.1, -0.05) is 42.5 Å². The predicted molar refractivity (Wildman–Crippen MR) is 98.5 cm³/mol. The van der Waals surface area contributed by atoms with Crippen LogP contribution in [0.25, 0.3) is 11.4 Å². The predicted octanol–water partition coefficient (Wildman–Crippen LogP) is 3.17. The Morgan fingerprint density at radius 1 is 1.04 bits per heavy atom. The van der Waals surface area contributed by atoms with E-state index < -0.39 is 0 Å². The van der Waals surface area contributed by atoms with Crippen molar-refractivity contribution in [3.63, 3.8) is 0 Å². The molecule has 1 heterocycles. The van der Waals surface area contributed by atoms with Gasteiger partial charge in [0.25, 0.3) is 5.56 Å². The van der Waals surface area contributed by atoms with E-state index in [-0.39, 0.29) is 18.0 Å². The van der Waals surface area contributed by atoms with Gasteiger partial charge in [0.1, 0.15) is 12.4 Å². The molecule has 0 aliphatic carbocycles. The Bertz CT molecular complexity index is 962. The van der Waals surface area contributed by atoms with Crippen LogP contribution in [0, 0.1) is 13.8 Å². The molecule has 5 heteroatoms. The van der Waals surface area contributed by atoms with Crippen molar-refractivity contribution >= 4 is 11.6 Å². The first-order valence-electron chi connectivity index (χ1n) is 8.03. The fourth-order valence-electron chi connectivity index (χ4n) is 2.65. The van der Waals surface area contributed by atoms with Crippen molar-refractivity contribution < 1.29 is 4.79 Å². The minimum atomic E-state index is -0.268. The second-order valence-corrected chi connectivity index (χ2v) is 5.93. The molecule has 0 aliphatic heterocycles. The van der Waals surface area contributed by atoms with Crippen molar-refractivity contribution in [2.45, 2.75) is 20.4 Å². The quantitative estimate of drug-likeness (QED) is 0.797. The van der Waals surface area contributed by atoms with Crippen LogP contribution in [0.15, 0.2) is 65.5 Å². The number of rotatable bonds is 4. The molecule has 1 N–H and O–H groups in total. The van der Waals surface area contributed by atoms with Crippen LogP contribution in [-0.4, -0.2) is 15.5 Å². The summed E-state index contributed by atoms with van der Waals surface area (Å²) in [4.78, 5) is 29.3. The Morgan fingerprint density at radius 3 is 2.52 bits per heavy atom. The average Bonchev–Trinajstić information content (AvgIpc) is 2.58. The molecular formula is C20H19N3O2. The van der Waals surface area contributed by atoms with Crippen LogP contribution < -0.4 is 10.9 Å². The summed E-state index contributed by atoms with van der Waals surface area (Å²) in [5, 5.41) is 2.83. The minimum Gasteiger partial charge on any atom is -0.325 e. The number of carbonyl (C=O) groups is 1. The van der Waals surface area contributed by atoms with Gasteiger partial charge >= 0.3 is 0 Å². The molecular weight excluding hydrogens is 314 g/mol. The van der Waals surface area contributed by atoms with Gasteiger partial charge in [0.05, 0.1) is 0 Å². The summed E-state index contributed by atoms with van der Waals surface area (Å²) < 4.78 is 1.40. The van der Waals surface area contributed by atoms with Crippen molar-refractivity contribution in [3.8, 4) is 11.4 Å². The Labute approximate surface area is 146 Å². The van der Waals surface area contributed by atoms with E-state index in [0.29, 0.717) is 17.2 Å². The van der Waals surface area contributed by atoms with E-state index in [1.165, 1.54) is 10.6 Å². The van der Waals surface area contributed by atoms with Gasteiger partial charge in [-0.3, -0.25) is 14.2 Å². The molecule has 0 fully saturated rings. The molecule has 1 aromatic heterocycles. The summed E-state index contributed by atoms with van der Waals surface area (Å²) >= 11 is 0. The van der Waals surface area contributed by atoms with Crippen molar-refractivity contribution in [2.75, 3.05) is 5.32 Å². The maximum atomic E-state index is 12.4. The zero-order chi connectivity index (χ0) is 17.8.